The van der Waals surface area contributed by atoms with Crippen molar-refractivity contribution in [3.63, 3.8) is 0 Å². The zero-order valence-electron chi connectivity index (χ0n) is 9.07. The van der Waals surface area contributed by atoms with Crippen molar-refractivity contribution in [3.05, 3.63) is 15.3 Å². The highest BCUT2D eigenvalue weighted by Crippen LogP contribution is 2.43. The predicted octanol–water partition coefficient (Wildman–Crippen LogP) is 1.82. The van der Waals surface area contributed by atoms with Gasteiger partial charge in [0, 0.05) is 10.9 Å². The molecule has 3 rings (SSSR count). The minimum Gasteiger partial charge on any atom is -0.495 e. The van der Waals surface area contributed by atoms with E-state index >= 15 is 0 Å². The van der Waals surface area contributed by atoms with E-state index in [2.05, 4.69) is 0 Å². The summed E-state index contributed by atoms with van der Waals surface area (Å²) in [6, 6.07) is 0.129. The van der Waals surface area contributed by atoms with E-state index in [1.54, 1.807) is 0 Å². The number of rotatable bonds is 2. The molecule has 2 heterocycles. The molecular formula is C11H11NO3S. The molecule has 1 aromatic heterocycles. The molecule has 1 saturated carbocycles. The molecule has 0 aromatic carbocycles. The van der Waals surface area contributed by atoms with E-state index in [1.165, 1.54) is 23.3 Å². The van der Waals surface area contributed by atoms with E-state index in [9.17, 15) is 9.59 Å². The van der Waals surface area contributed by atoms with Crippen molar-refractivity contribution >= 4 is 23.2 Å². The number of imide groups is 1. The van der Waals surface area contributed by atoms with E-state index in [4.69, 9.17) is 4.74 Å². The summed E-state index contributed by atoms with van der Waals surface area (Å²) in [5.74, 6) is 0.254. The maximum absolute atomic E-state index is 12.1. The molecule has 4 nitrogen and oxygen atoms in total. The Morgan fingerprint density at radius 2 is 2.00 bits per heavy atom. The standard InChI is InChI=1S/C11H11NO3S/c1-5-8(15-2)7-9(16-5)11(14)12(10(7)13)6-3-4-6/h6H,3-4H2,1-2H3. The van der Waals surface area contributed by atoms with Gasteiger partial charge < -0.3 is 4.74 Å². The number of ether oxygens (including phenoxy) is 1. The van der Waals surface area contributed by atoms with Gasteiger partial charge in [0.1, 0.15) is 16.2 Å². The Kier molecular flexibility index (Phi) is 1.89. The van der Waals surface area contributed by atoms with Crippen molar-refractivity contribution in [2.24, 2.45) is 0 Å². The van der Waals surface area contributed by atoms with Crippen molar-refractivity contribution in [3.8, 4) is 5.75 Å². The van der Waals surface area contributed by atoms with Gasteiger partial charge in [0.05, 0.1) is 7.11 Å². The smallest absolute Gasteiger partial charge is 0.272 e. The Morgan fingerprint density at radius 3 is 2.56 bits per heavy atom. The van der Waals surface area contributed by atoms with Crippen LogP contribution in [-0.4, -0.2) is 29.9 Å². The summed E-state index contributed by atoms with van der Waals surface area (Å²) in [5.41, 5.74) is 0.474. The Balaban J connectivity index is 2.13. The number of carbonyl (C=O) groups excluding carboxylic acids is 2. The van der Waals surface area contributed by atoms with Gasteiger partial charge in [-0.05, 0) is 19.8 Å². The van der Waals surface area contributed by atoms with E-state index in [0.717, 1.165) is 17.7 Å². The zero-order valence-corrected chi connectivity index (χ0v) is 9.89. The topological polar surface area (TPSA) is 46.6 Å². The third-order valence-corrected chi connectivity index (χ3v) is 4.07. The molecular weight excluding hydrogens is 226 g/mol. The number of thiophene rings is 1. The van der Waals surface area contributed by atoms with Gasteiger partial charge in [0.2, 0.25) is 0 Å². The number of aryl methyl sites for hydroxylation is 1. The molecule has 0 radical (unpaired) electrons. The van der Waals surface area contributed by atoms with Crippen molar-refractivity contribution < 1.29 is 14.3 Å². The van der Waals surface area contributed by atoms with E-state index in [-0.39, 0.29) is 17.9 Å². The molecule has 1 aliphatic heterocycles. The Bertz CT molecular complexity index is 502. The number of amides is 2. The summed E-state index contributed by atoms with van der Waals surface area (Å²) >= 11 is 1.35. The monoisotopic (exact) mass is 237 g/mol. The zero-order chi connectivity index (χ0) is 11.4. The minimum atomic E-state index is -0.177. The highest BCUT2D eigenvalue weighted by atomic mass is 32.1. The Morgan fingerprint density at radius 1 is 1.31 bits per heavy atom. The van der Waals surface area contributed by atoms with Crippen LogP contribution in [0.2, 0.25) is 0 Å². The van der Waals surface area contributed by atoms with Crippen LogP contribution < -0.4 is 4.74 Å². The summed E-state index contributed by atoms with van der Waals surface area (Å²) in [6.07, 6.45) is 1.88. The number of carbonyl (C=O) groups is 2. The molecule has 5 heteroatoms. The molecule has 2 aliphatic rings. The summed E-state index contributed by atoms with van der Waals surface area (Å²) in [4.78, 5) is 27.0. The molecule has 84 valence electrons. The maximum atomic E-state index is 12.1. The van der Waals surface area contributed by atoms with Crippen LogP contribution in [0.15, 0.2) is 0 Å². The van der Waals surface area contributed by atoms with Crippen LogP contribution in [-0.2, 0) is 0 Å². The number of hydrogen-bond donors (Lipinski definition) is 0. The molecule has 16 heavy (non-hydrogen) atoms. The summed E-state index contributed by atoms with van der Waals surface area (Å²) in [7, 11) is 1.53. The van der Waals surface area contributed by atoms with Crippen molar-refractivity contribution in [2.45, 2.75) is 25.8 Å². The number of fused-ring (bicyclic) bond motifs is 1. The third-order valence-electron chi connectivity index (χ3n) is 2.99. The second kappa shape index (κ2) is 3.07. The van der Waals surface area contributed by atoms with E-state index < -0.39 is 0 Å². The molecule has 0 atom stereocenters. The molecule has 1 aliphatic carbocycles. The molecule has 1 fully saturated rings. The van der Waals surface area contributed by atoms with Crippen molar-refractivity contribution in [1.29, 1.82) is 0 Å². The first-order valence-electron chi connectivity index (χ1n) is 5.20. The van der Waals surface area contributed by atoms with Gasteiger partial charge in [-0.1, -0.05) is 0 Å². The van der Waals surface area contributed by atoms with Gasteiger partial charge in [-0.15, -0.1) is 11.3 Å². The fourth-order valence-electron chi connectivity index (χ4n) is 2.11. The fraction of sp³-hybridized carbons (Fsp3) is 0.455. The van der Waals surface area contributed by atoms with Crippen LogP contribution in [0.25, 0.3) is 0 Å². The SMILES string of the molecule is COc1c(C)sc2c1C(=O)N(C1CC1)C2=O. The lowest BCUT2D eigenvalue weighted by Gasteiger charge is -2.12. The number of hydrogen-bond acceptors (Lipinski definition) is 4. The predicted molar refractivity (Wildman–Crippen MR) is 59.1 cm³/mol. The number of nitrogens with zero attached hydrogens (tertiary/aromatic N) is 1. The molecule has 2 amide bonds. The van der Waals surface area contributed by atoms with Crippen LogP contribution in [0.4, 0.5) is 0 Å². The fourth-order valence-corrected chi connectivity index (χ4v) is 3.16. The quantitative estimate of drug-likeness (QED) is 0.737. The normalized spacial score (nSPS) is 19.2. The van der Waals surface area contributed by atoms with Crippen LogP contribution in [0.5, 0.6) is 5.75 Å². The first-order valence-corrected chi connectivity index (χ1v) is 6.02. The molecule has 0 bridgehead atoms. The highest BCUT2D eigenvalue weighted by molar-refractivity contribution is 7.15. The van der Waals surface area contributed by atoms with Crippen LogP contribution in [0.3, 0.4) is 0 Å². The summed E-state index contributed by atoms with van der Waals surface area (Å²) in [5, 5.41) is 0. The van der Waals surface area contributed by atoms with Gasteiger partial charge in [-0.25, -0.2) is 0 Å². The second-order valence-corrected chi connectivity index (χ2v) is 5.33. The van der Waals surface area contributed by atoms with Crippen LogP contribution in [0, 0.1) is 6.92 Å². The largest absolute Gasteiger partial charge is 0.495 e. The molecule has 0 spiro atoms. The van der Waals surface area contributed by atoms with Gasteiger partial charge in [0.15, 0.2) is 0 Å². The Labute approximate surface area is 96.8 Å². The minimum absolute atomic E-state index is 0.129. The first-order chi connectivity index (χ1) is 7.65. The number of methoxy groups -OCH3 is 1. The lowest BCUT2D eigenvalue weighted by atomic mass is 10.2. The third kappa shape index (κ3) is 1.09. The molecule has 0 unspecified atom stereocenters. The van der Waals surface area contributed by atoms with E-state index in [1.807, 2.05) is 6.92 Å². The molecule has 0 N–H and O–H groups in total. The highest BCUT2D eigenvalue weighted by Gasteiger charge is 2.47. The van der Waals surface area contributed by atoms with Crippen LogP contribution >= 0.6 is 11.3 Å². The lowest BCUT2D eigenvalue weighted by Crippen LogP contribution is -2.31. The van der Waals surface area contributed by atoms with Gasteiger partial charge in [0.25, 0.3) is 11.8 Å². The van der Waals surface area contributed by atoms with Crippen molar-refractivity contribution in [1.82, 2.24) is 4.90 Å². The Hall–Kier alpha value is -1.36. The van der Waals surface area contributed by atoms with Crippen LogP contribution in [0.1, 0.15) is 37.7 Å². The maximum Gasteiger partial charge on any atom is 0.272 e. The van der Waals surface area contributed by atoms with Gasteiger partial charge in [-0.2, -0.15) is 0 Å². The second-order valence-electron chi connectivity index (χ2n) is 4.11. The van der Waals surface area contributed by atoms with Gasteiger partial charge in [-0.3, -0.25) is 14.5 Å². The van der Waals surface area contributed by atoms with Crippen molar-refractivity contribution in [2.75, 3.05) is 7.11 Å². The molecule has 0 saturated heterocycles. The average Bonchev–Trinajstić information content (AvgIpc) is 2.97. The average molecular weight is 237 g/mol. The van der Waals surface area contributed by atoms with E-state index in [0.29, 0.717) is 16.2 Å². The summed E-state index contributed by atoms with van der Waals surface area (Å²) in [6.45, 7) is 1.86. The molecule has 1 aromatic rings. The first kappa shape index (κ1) is 9.84. The van der Waals surface area contributed by atoms with Gasteiger partial charge >= 0.3 is 0 Å². The lowest BCUT2D eigenvalue weighted by molar-refractivity contribution is 0.0643. The summed E-state index contributed by atoms with van der Waals surface area (Å²) < 4.78 is 5.21.